The van der Waals surface area contributed by atoms with E-state index in [2.05, 4.69) is 4.74 Å². The molecular formula is C4H9NO2. The molecule has 42 valence electrons. The highest BCUT2D eigenvalue weighted by molar-refractivity contribution is 4.89. The van der Waals surface area contributed by atoms with E-state index in [1.54, 1.807) is 6.92 Å². The number of nitrogens with two attached hydrogens (primary N) is 1. The van der Waals surface area contributed by atoms with Crippen molar-refractivity contribution in [2.45, 2.75) is 18.8 Å². The van der Waals surface area contributed by atoms with Crippen molar-refractivity contribution in [1.29, 1.82) is 0 Å². The Bertz CT molecular complexity index is 77.8. The quantitative estimate of drug-likeness (QED) is 0.421. The fourth-order valence-electron chi connectivity index (χ4n) is 0.325. The molecule has 0 aliphatic carbocycles. The van der Waals surface area contributed by atoms with Crippen molar-refractivity contribution >= 4 is 0 Å². The van der Waals surface area contributed by atoms with Crippen LogP contribution < -0.4 is 5.73 Å². The van der Waals surface area contributed by atoms with Crippen molar-refractivity contribution in [3.8, 4) is 0 Å². The predicted molar refractivity (Wildman–Crippen MR) is 24.6 cm³/mol. The number of epoxide rings is 1. The van der Waals surface area contributed by atoms with Gasteiger partial charge in [-0.25, -0.2) is 0 Å². The molecule has 1 heterocycles. The van der Waals surface area contributed by atoms with Crippen LogP contribution in [0.1, 0.15) is 6.92 Å². The van der Waals surface area contributed by atoms with Crippen LogP contribution in [0.15, 0.2) is 0 Å². The largest absolute Gasteiger partial charge is 0.389 e. The van der Waals surface area contributed by atoms with E-state index in [0.717, 1.165) is 0 Å². The van der Waals surface area contributed by atoms with Gasteiger partial charge >= 0.3 is 0 Å². The zero-order valence-electron chi connectivity index (χ0n) is 4.22. The lowest BCUT2D eigenvalue weighted by atomic mass is 10.2. The van der Waals surface area contributed by atoms with E-state index in [9.17, 15) is 0 Å². The molecule has 7 heavy (non-hydrogen) atoms. The van der Waals surface area contributed by atoms with Gasteiger partial charge in [-0.15, -0.1) is 0 Å². The van der Waals surface area contributed by atoms with E-state index >= 15 is 0 Å². The summed E-state index contributed by atoms with van der Waals surface area (Å²) in [6.07, 6.45) is -0.535. The van der Waals surface area contributed by atoms with E-state index in [0.29, 0.717) is 6.61 Å². The van der Waals surface area contributed by atoms with Crippen LogP contribution in [0.5, 0.6) is 0 Å². The number of hydrogen-bond acceptors (Lipinski definition) is 3. The molecule has 2 atom stereocenters. The molecule has 0 saturated carbocycles. The summed E-state index contributed by atoms with van der Waals surface area (Å²) in [7, 11) is 0. The minimum absolute atomic E-state index is 0.491. The summed E-state index contributed by atoms with van der Waals surface area (Å²) in [6, 6.07) is 0. The first-order valence-electron chi connectivity index (χ1n) is 2.26. The molecule has 0 aromatic carbocycles. The highest BCUT2D eigenvalue weighted by atomic mass is 16.6. The SMILES string of the molecule is CC(O)C1(N)CO1. The molecule has 1 aliphatic rings. The van der Waals surface area contributed by atoms with Crippen LogP contribution in [0.4, 0.5) is 0 Å². The zero-order chi connectivity index (χ0) is 5.49. The smallest absolute Gasteiger partial charge is 0.166 e. The summed E-state index contributed by atoms with van der Waals surface area (Å²) >= 11 is 0. The first-order valence-corrected chi connectivity index (χ1v) is 2.26. The van der Waals surface area contributed by atoms with Gasteiger partial charge in [0.2, 0.25) is 0 Å². The highest BCUT2D eigenvalue weighted by Gasteiger charge is 2.45. The van der Waals surface area contributed by atoms with Gasteiger partial charge in [-0.3, -0.25) is 5.73 Å². The Balaban J connectivity index is 2.39. The standard InChI is InChI=1S/C4H9NO2/c1-3(6)4(5)2-7-4/h3,6H,2,5H2,1H3. The van der Waals surface area contributed by atoms with E-state index in [4.69, 9.17) is 10.8 Å². The van der Waals surface area contributed by atoms with Crippen molar-refractivity contribution in [3.05, 3.63) is 0 Å². The molecular weight excluding hydrogens is 94.0 g/mol. The first kappa shape index (κ1) is 5.03. The van der Waals surface area contributed by atoms with Gasteiger partial charge in [0.15, 0.2) is 5.72 Å². The van der Waals surface area contributed by atoms with Gasteiger partial charge in [0.25, 0.3) is 0 Å². The van der Waals surface area contributed by atoms with Crippen LogP contribution in [0, 0.1) is 0 Å². The molecule has 1 saturated heterocycles. The monoisotopic (exact) mass is 103 g/mol. The summed E-state index contributed by atoms with van der Waals surface area (Å²) in [4.78, 5) is 0. The predicted octanol–water partition coefficient (Wildman–Crippen LogP) is -0.948. The Morgan fingerprint density at radius 3 is 2.43 bits per heavy atom. The average Bonchev–Trinajstić information content (AvgIpc) is 2.21. The number of rotatable bonds is 1. The van der Waals surface area contributed by atoms with Crippen LogP contribution in [0.25, 0.3) is 0 Å². The van der Waals surface area contributed by atoms with E-state index < -0.39 is 11.8 Å². The molecule has 0 radical (unpaired) electrons. The molecule has 0 spiro atoms. The zero-order valence-corrected chi connectivity index (χ0v) is 4.22. The number of ether oxygens (including phenoxy) is 1. The molecule has 1 fully saturated rings. The van der Waals surface area contributed by atoms with Crippen LogP contribution in [-0.2, 0) is 4.74 Å². The van der Waals surface area contributed by atoms with Gasteiger partial charge in [0.1, 0.15) is 0 Å². The summed E-state index contributed by atoms with van der Waals surface area (Å²) < 4.78 is 4.69. The Morgan fingerprint density at radius 2 is 2.43 bits per heavy atom. The molecule has 0 bridgehead atoms. The third kappa shape index (κ3) is 0.748. The Labute approximate surface area is 42.1 Å². The van der Waals surface area contributed by atoms with Crippen molar-refractivity contribution in [1.82, 2.24) is 0 Å². The fraction of sp³-hybridized carbons (Fsp3) is 1.00. The third-order valence-electron chi connectivity index (χ3n) is 1.18. The molecule has 0 aromatic heterocycles. The second-order valence-corrected chi connectivity index (χ2v) is 1.92. The molecule has 2 unspecified atom stereocenters. The summed E-state index contributed by atoms with van der Waals surface area (Å²) in [5, 5.41) is 8.70. The van der Waals surface area contributed by atoms with Gasteiger partial charge in [0, 0.05) is 0 Å². The van der Waals surface area contributed by atoms with Gasteiger partial charge in [-0.1, -0.05) is 0 Å². The Hall–Kier alpha value is -0.120. The molecule has 1 rings (SSSR count). The van der Waals surface area contributed by atoms with Crippen molar-refractivity contribution in [3.63, 3.8) is 0 Å². The minimum atomic E-state index is -0.694. The lowest BCUT2D eigenvalue weighted by molar-refractivity contribution is 0.0934. The molecule has 0 amide bonds. The van der Waals surface area contributed by atoms with Crippen LogP contribution in [0.3, 0.4) is 0 Å². The van der Waals surface area contributed by atoms with Gasteiger partial charge in [0.05, 0.1) is 12.7 Å². The number of aliphatic hydroxyl groups excluding tert-OH is 1. The van der Waals surface area contributed by atoms with E-state index in [1.165, 1.54) is 0 Å². The second-order valence-electron chi connectivity index (χ2n) is 1.92. The maximum absolute atomic E-state index is 8.70. The Morgan fingerprint density at radius 1 is 2.00 bits per heavy atom. The summed E-state index contributed by atoms with van der Waals surface area (Å²) in [6.45, 7) is 2.11. The lowest BCUT2D eigenvalue weighted by Crippen LogP contribution is -2.36. The highest BCUT2D eigenvalue weighted by Crippen LogP contribution is 2.23. The summed E-state index contributed by atoms with van der Waals surface area (Å²) in [5.74, 6) is 0. The number of hydrogen-bond donors (Lipinski definition) is 2. The Kier molecular flexibility index (Phi) is 0.849. The maximum atomic E-state index is 8.70. The van der Waals surface area contributed by atoms with E-state index in [-0.39, 0.29) is 0 Å². The van der Waals surface area contributed by atoms with Gasteiger partial charge in [-0.2, -0.15) is 0 Å². The minimum Gasteiger partial charge on any atom is -0.389 e. The van der Waals surface area contributed by atoms with E-state index in [1.807, 2.05) is 0 Å². The lowest BCUT2D eigenvalue weighted by Gasteiger charge is -2.05. The summed E-state index contributed by atoms with van der Waals surface area (Å²) in [5.41, 5.74) is 4.62. The van der Waals surface area contributed by atoms with Crippen molar-refractivity contribution < 1.29 is 9.84 Å². The maximum Gasteiger partial charge on any atom is 0.166 e. The van der Waals surface area contributed by atoms with Crippen LogP contribution in [-0.4, -0.2) is 23.5 Å². The first-order chi connectivity index (χ1) is 3.15. The van der Waals surface area contributed by atoms with Gasteiger partial charge in [-0.05, 0) is 6.92 Å². The number of aliphatic hydroxyl groups is 1. The molecule has 3 nitrogen and oxygen atoms in total. The average molecular weight is 103 g/mol. The second kappa shape index (κ2) is 1.18. The van der Waals surface area contributed by atoms with Gasteiger partial charge < -0.3 is 9.84 Å². The normalized spacial score (nSPS) is 43.3. The van der Waals surface area contributed by atoms with Crippen LogP contribution in [0.2, 0.25) is 0 Å². The third-order valence-corrected chi connectivity index (χ3v) is 1.18. The fourth-order valence-corrected chi connectivity index (χ4v) is 0.325. The van der Waals surface area contributed by atoms with Crippen molar-refractivity contribution in [2.24, 2.45) is 5.73 Å². The molecule has 1 aliphatic heterocycles. The topological polar surface area (TPSA) is 58.8 Å². The molecule has 3 heteroatoms. The molecule has 3 N–H and O–H groups in total. The van der Waals surface area contributed by atoms with Crippen molar-refractivity contribution in [2.75, 3.05) is 6.61 Å². The molecule has 0 aromatic rings. The van der Waals surface area contributed by atoms with Crippen LogP contribution >= 0.6 is 0 Å².